The maximum atomic E-state index is 11.4. The van der Waals surface area contributed by atoms with Crippen LogP contribution in [-0.4, -0.2) is 40.0 Å². The van der Waals surface area contributed by atoms with Gasteiger partial charge in [0.15, 0.2) is 6.04 Å². The average Bonchev–Trinajstić information content (AvgIpc) is 2.64. The first-order chi connectivity index (χ1) is 13.0. The number of rotatable bonds is 8. The van der Waals surface area contributed by atoms with Gasteiger partial charge < -0.3 is 20.8 Å². The zero-order valence-corrected chi connectivity index (χ0v) is 16.2. The summed E-state index contributed by atoms with van der Waals surface area (Å²) >= 11 is 0. The molecule has 28 heavy (non-hydrogen) atoms. The third kappa shape index (κ3) is 8.79. The molecule has 0 heterocycles. The summed E-state index contributed by atoms with van der Waals surface area (Å²) in [5.41, 5.74) is 1.13. The van der Waals surface area contributed by atoms with Crippen LogP contribution in [0.3, 0.4) is 0 Å². The Hall–Kier alpha value is -3.42. The summed E-state index contributed by atoms with van der Waals surface area (Å²) in [5, 5.41) is 22.3. The summed E-state index contributed by atoms with van der Waals surface area (Å²) in [7, 11) is 0. The number of hydrogen-bond donors (Lipinski definition) is 4. The molecule has 0 saturated heterocycles. The number of benzene rings is 1. The van der Waals surface area contributed by atoms with Gasteiger partial charge in [-0.3, -0.25) is 9.59 Å². The van der Waals surface area contributed by atoms with Crippen LogP contribution in [0.1, 0.15) is 38.8 Å². The topological polar surface area (TPSA) is 133 Å². The van der Waals surface area contributed by atoms with Crippen molar-refractivity contribution in [2.24, 2.45) is 0 Å². The van der Waals surface area contributed by atoms with Gasteiger partial charge in [-0.15, -0.1) is 0 Å². The molecule has 8 heteroatoms. The van der Waals surface area contributed by atoms with Crippen molar-refractivity contribution in [3.8, 4) is 0 Å². The molecule has 1 aromatic rings. The van der Waals surface area contributed by atoms with Crippen molar-refractivity contribution in [2.45, 2.75) is 39.3 Å². The van der Waals surface area contributed by atoms with Gasteiger partial charge in [0.05, 0.1) is 0 Å². The minimum atomic E-state index is -1.10. The number of carboxylic acids is 2. The molecule has 0 fully saturated rings. The molecule has 4 N–H and O–H groups in total. The molecule has 2 unspecified atom stereocenters. The van der Waals surface area contributed by atoms with Gasteiger partial charge >= 0.3 is 11.9 Å². The van der Waals surface area contributed by atoms with Crippen molar-refractivity contribution in [1.82, 2.24) is 10.6 Å². The van der Waals surface area contributed by atoms with Crippen LogP contribution >= 0.6 is 0 Å². The standard InChI is InChI=1S/C12H13NO3.C8H13NO3/c1-8(2)11(14)13-10(12(15)16)9-6-4-3-5-7-9;1-4-6(8(11)12)9-7(10)5(2)3/h3-7,10H,1H2,2H3,(H,13,14)(H,15,16);6H,2,4H2,1,3H3,(H,9,10)(H,11,12). The van der Waals surface area contributed by atoms with E-state index in [1.165, 1.54) is 13.8 Å². The molecule has 2 amide bonds. The molecule has 0 aromatic heterocycles. The van der Waals surface area contributed by atoms with E-state index < -0.39 is 35.8 Å². The zero-order valence-electron chi connectivity index (χ0n) is 16.2. The lowest BCUT2D eigenvalue weighted by Gasteiger charge is -2.14. The van der Waals surface area contributed by atoms with Crippen molar-refractivity contribution in [1.29, 1.82) is 0 Å². The van der Waals surface area contributed by atoms with Gasteiger partial charge in [-0.25, -0.2) is 9.59 Å². The summed E-state index contributed by atoms with van der Waals surface area (Å²) in [6.45, 7) is 11.6. The average molecular weight is 390 g/mol. The molecule has 0 aliphatic carbocycles. The van der Waals surface area contributed by atoms with Crippen LogP contribution in [0.5, 0.6) is 0 Å². The summed E-state index contributed by atoms with van der Waals surface area (Å²) in [4.78, 5) is 43.8. The predicted molar refractivity (Wildman–Crippen MR) is 104 cm³/mol. The highest BCUT2D eigenvalue weighted by Gasteiger charge is 2.21. The predicted octanol–water partition coefficient (Wildman–Crippen LogP) is 2.05. The fourth-order valence-corrected chi connectivity index (χ4v) is 1.81. The number of aliphatic carboxylic acids is 2. The van der Waals surface area contributed by atoms with Gasteiger partial charge in [-0.2, -0.15) is 0 Å². The van der Waals surface area contributed by atoms with Crippen LogP contribution in [-0.2, 0) is 19.2 Å². The molecule has 0 spiro atoms. The van der Waals surface area contributed by atoms with Crippen molar-refractivity contribution in [3.05, 3.63) is 60.2 Å². The Kier molecular flexibility index (Phi) is 10.6. The monoisotopic (exact) mass is 390 g/mol. The third-order valence-corrected chi connectivity index (χ3v) is 3.44. The van der Waals surface area contributed by atoms with Gasteiger partial charge in [-0.05, 0) is 25.8 Å². The zero-order chi connectivity index (χ0) is 21.9. The maximum Gasteiger partial charge on any atom is 0.330 e. The van der Waals surface area contributed by atoms with Crippen molar-refractivity contribution >= 4 is 23.8 Å². The highest BCUT2D eigenvalue weighted by molar-refractivity contribution is 5.95. The van der Waals surface area contributed by atoms with E-state index in [2.05, 4.69) is 23.8 Å². The Bertz CT molecular complexity index is 742. The van der Waals surface area contributed by atoms with E-state index >= 15 is 0 Å². The minimum absolute atomic E-state index is 0.280. The summed E-state index contributed by atoms with van der Waals surface area (Å²) < 4.78 is 0. The largest absolute Gasteiger partial charge is 0.480 e. The molecule has 2 atom stereocenters. The van der Waals surface area contributed by atoms with E-state index in [0.717, 1.165) is 0 Å². The van der Waals surface area contributed by atoms with Crippen LogP contribution in [0, 0.1) is 0 Å². The first-order valence-corrected chi connectivity index (χ1v) is 8.44. The van der Waals surface area contributed by atoms with E-state index in [4.69, 9.17) is 10.2 Å². The molecule has 0 radical (unpaired) electrons. The summed E-state index contributed by atoms with van der Waals surface area (Å²) in [5.74, 6) is -2.99. The van der Waals surface area contributed by atoms with E-state index in [1.807, 2.05) is 0 Å². The number of carboxylic acid groups (broad SMARTS) is 2. The van der Waals surface area contributed by atoms with Crippen molar-refractivity contribution < 1.29 is 29.4 Å². The fourth-order valence-electron chi connectivity index (χ4n) is 1.81. The van der Waals surface area contributed by atoms with Crippen LogP contribution in [0.15, 0.2) is 54.6 Å². The Morgan fingerprint density at radius 3 is 1.71 bits per heavy atom. The maximum absolute atomic E-state index is 11.4. The first kappa shape index (κ1) is 24.6. The SMILES string of the molecule is C=C(C)C(=O)NC(C(=O)O)c1ccccc1.C=C(C)C(=O)NC(CC)C(=O)O. The second kappa shape index (κ2) is 12.1. The number of carbonyl (C=O) groups is 4. The van der Waals surface area contributed by atoms with E-state index in [0.29, 0.717) is 17.6 Å². The first-order valence-electron chi connectivity index (χ1n) is 8.44. The van der Waals surface area contributed by atoms with Gasteiger partial charge in [0.1, 0.15) is 6.04 Å². The van der Waals surface area contributed by atoms with Gasteiger partial charge in [-0.1, -0.05) is 50.4 Å². The van der Waals surface area contributed by atoms with E-state index in [1.54, 1.807) is 37.3 Å². The molecule has 0 saturated carbocycles. The van der Waals surface area contributed by atoms with Gasteiger partial charge in [0.2, 0.25) is 11.8 Å². The van der Waals surface area contributed by atoms with Crippen LogP contribution < -0.4 is 10.6 Å². The Balaban J connectivity index is 0.000000546. The third-order valence-electron chi connectivity index (χ3n) is 3.44. The summed E-state index contributed by atoms with van der Waals surface area (Å²) in [6, 6.07) is 6.67. The lowest BCUT2D eigenvalue weighted by atomic mass is 10.1. The number of carbonyl (C=O) groups excluding carboxylic acids is 2. The Labute approximate surface area is 164 Å². The molecule has 0 aliphatic heterocycles. The highest BCUT2D eigenvalue weighted by Crippen LogP contribution is 2.13. The fraction of sp³-hybridized carbons (Fsp3) is 0.300. The van der Waals surface area contributed by atoms with Crippen molar-refractivity contribution in [2.75, 3.05) is 0 Å². The minimum Gasteiger partial charge on any atom is -0.480 e. The van der Waals surface area contributed by atoms with Crippen LogP contribution in [0.4, 0.5) is 0 Å². The Morgan fingerprint density at radius 1 is 0.893 bits per heavy atom. The lowest BCUT2D eigenvalue weighted by Crippen LogP contribution is -2.40. The van der Waals surface area contributed by atoms with Gasteiger partial charge in [0.25, 0.3) is 0 Å². The number of hydrogen-bond acceptors (Lipinski definition) is 4. The normalized spacial score (nSPS) is 11.7. The van der Waals surface area contributed by atoms with E-state index in [-0.39, 0.29) is 5.57 Å². The quantitative estimate of drug-likeness (QED) is 0.502. The smallest absolute Gasteiger partial charge is 0.330 e. The van der Waals surface area contributed by atoms with Crippen LogP contribution in [0.25, 0.3) is 0 Å². The van der Waals surface area contributed by atoms with Crippen molar-refractivity contribution in [3.63, 3.8) is 0 Å². The molecule has 1 aromatic carbocycles. The molecule has 152 valence electrons. The molecular weight excluding hydrogens is 364 g/mol. The molecule has 0 bridgehead atoms. The number of amides is 2. The second-order valence-electron chi connectivity index (χ2n) is 5.99. The highest BCUT2D eigenvalue weighted by atomic mass is 16.4. The molecule has 8 nitrogen and oxygen atoms in total. The molecule has 1 rings (SSSR count). The Morgan fingerprint density at radius 2 is 1.36 bits per heavy atom. The van der Waals surface area contributed by atoms with Crippen LogP contribution in [0.2, 0.25) is 0 Å². The van der Waals surface area contributed by atoms with Gasteiger partial charge in [0, 0.05) is 11.1 Å². The molecule has 0 aliphatic rings. The summed E-state index contributed by atoms with van der Waals surface area (Å²) in [6.07, 6.45) is 0.369. The second-order valence-corrected chi connectivity index (χ2v) is 5.99. The number of nitrogens with one attached hydrogen (secondary N) is 2. The lowest BCUT2D eigenvalue weighted by molar-refractivity contribution is -0.141. The molecular formula is C20H26N2O6. The van der Waals surface area contributed by atoms with E-state index in [9.17, 15) is 19.2 Å².